The van der Waals surface area contributed by atoms with Gasteiger partial charge in [0.25, 0.3) is 0 Å². The van der Waals surface area contributed by atoms with E-state index in [2.05, 4.69) is 35.1 Å². The molecule has 0 saturated carbocycles. The van der Waals surface area contributed by atoms with E-state index in [9.17, 15) is 9.59 Å². The summed E-state index contributed by atoms with van der Waals surface area (Å²) in [6.07, 6.45) is 0.944. The zero-order chi connectivity index (χ0) is 26.4. The Bertz CT molecular complexity index is 1520. The fourth-order valence-electron chi connectivity index (χ4n) is 5.34. The van der Waals surface area contributed by atoms with Crippen molar-refractivity contribution < 1.29 is 23.8 Å². The van der Waals surface area contributed by atoms with Crippen LogP contribution in [0.15, 0.2) is 100 Å². The van der Waals surface area contributed by atoms with E-state index in [1.807, 2.05) is 66.7 Å². The van der Waals surface area contributed by atoms with Crippen LogP contribution in [0, 0.1) is 5.41 Å². The average Bonchev–Trinajstić information content (AvgIpc) is 3.36. The summed E-state index contributed by atoms with van der Waals surface area (Å²) in [4.78, 5) is 28.1. The van der Waals surface area contributed by atoms with E-state index in [0.717, 1.165) is 11.3 Å². The Morgan fingerprint density at radius 2 is 1.68 bits per heavy atom. The highest BCUT2D eigenvalue weighted by Gasteiger charge is 2.45. The van der Waals surface area contributed by atoms with Gasteiger partial charge in [-0.2, -0.15) is 0 Å². The van der Waals surface area contributed by atoms with Crippen LogP contribution in [0.2, 0.25) is 0 Å². The lowest BCUT2D eigenvalue weighted by atomic mass is 9.69. The number of carbonyl (C=O) groups excluding carboxylic acids is 2. The SMILES string of the molecule is CC1(C)CC(=O)C2=C(C1)OC(Nc1ccccc1)=C(C(=O)c1ccccc1Br)C2c1ccc2c(c1)OCO2. The van der Waals surface area contributed by atoms with E-state index < -0.39 is 5.92 Å². The van der Waals surface area contributed by atoms with Crippen LogP contribution in [0.4, 0.5) is 5.69 Å². The topological polar surface area (TPSA) is 73.9 Å². The quantitative estimate of drug-likeness (QED) is 0.328. The summed E-state index contributed by atoms with van der Waals surface area (Å²) in [6.45, 7) is 4.25. The molecule has 1 unspecified atom stereocenters. The molecule has 3 aromatic carbocycles. The summed E-state index contributed by atoms with van der Waals surface area (Å²) in [5, 5.41) is 3.35. The predicted molar refractivity (Wildman–Crippen MR) is 147 cm³/mol. The number of nitrogens with one attached hydrogen (secondary N) is 1. The van der Waals surface area contributed by atoms with Crippen molar-refractivity contribution in [2.45, 2.75) is 32.6 Å². The van der Waals surface area contributed by atoms with Crippen LogP contribution in [0.3, 0.4) is 0 Å². The molecule has 38 heavy (non-hydrogen) atoms. The molecule has 0 bridgehead atoms. The Kier molecular flexibility index (Phi) is 6.11. The van der Waals surface area contributed by atoms with E-state index in [1.54, 1.807) is 6.07 Å². The van der Waals surface area contributed by atoms with Crippen molar-refractivity contribution in [2.75, 3.05) is 12.1 Å². The van der Waals surface area contributed by atoms with Crippen LogP contribution in [0.25, 0.3) is 0 Å². The maximum Gasteiger partial charge on any atom is 0.231 e. The first-order chi connectivity index (χ1) is 18.3. The number of anilines is 1. The Morgan fingerprint density at radius 3 is 2.47 bits per heavy atom. The summed E-state index contributed by atoms with van der Waals surface area (Å²) >= 11 is 3.54. The second-order valence-electron chi connectivity index (χ2n) is 10.5. The lowest BCUT2D eigenvalue weighted by Crippen LogP contribution is -2.35. The van der Waals surface area contributed by atoms with E-state index >= 15 is 0 Å². The molecule has 0 spiro atoms. The highest BCUT2D eigenvalue weighted by molar-refractivity contribution is 9.10. The molecule has 2 aliphatic heterocycles. The Hall–Kier alpha value is -3.84. The summed E-state index contributed by atoms with van der Waals surface area (Å²) in [7, 11) is 0. The zero-order valence-electron chi connectivity index (χ0n) is 21.0. The normalized spacial score (nSPS) is 19.7. The smallest absolute Gasteiger partial charge is 0.231 e. The fourth-order valence-corrected chi connectivity index (χ4v) is 5.81. The number of para-hydroxylation sites is 1. The third-order valence-corrected chi connectivity index (χ3v) is 7.74. The summed E-state index contributed by atoms with van der Waals surface area (Å²) in [5.74, 6) is 1.24. The van der Waals surface area contributed by atoms with Crippen LogP contribution >= 0.6 is 15.9 Å². The Balaban J connectivity index is 1.59. The highest BCUT2D eigenvalue weighted by atomic mass is 79.9. The van der Waals surface area contributed by atoms with Crippen molar-refractivity contribution in [3.05, 3.63) is 111 Å². The molecule has 0 amide bonds. The van der Waals surface area contributed by atoms with E-state index in [0.29, 0.717) is 57.2 Å². The van der Waals surface area contributed by atoms with E-state index in [1.165, 1.54) is 0 Å². The molecule has 1 N–H and O–H groups in total. The maximum atomic E-state index is 14.3. The molecule has 1 atom stereocenters. The number of hydrogen-bond donors (Lipinski definition) is 1. The standard InChI is InChI=1S/C31H26BrNO5/c1-31(2)15-22(34)27-25(16-31)38-30(33-19-8-4-3-5-9-19)28(29(35)20-10-6-7-11-21(20)32)26(27)18-12-13-23-24(14-18)37-17-36-23/h3-14,26,33H,15-17H2,1-2H3. The van der Waals surface area contributed by atoms with E-state index in [-0.39, 0.29) is 23.8 Å². The van der Waals surface area contributed by atoms with Crippen LogP contribution in [0.5, 0.6) is 11.5 Å². The van der Waals surface area contributed by atoms with Gasteiger partial charge in [-0.15, -0.1) is 0 Å². The third kappa shape index (κ3) is 4.41. The summed E-state index contributed by atoms with van der Waals surface area (Å²) in [5.41, 5.74) is 2.65. The van der Waals surface area contributed by atoms with Gasteiger partial charge in [-0.25, -0.2) is 0 Å². The van der Waals surface area contributed by atoms with Crippen molar-refractivity contribution in [3.63, 3.8) is 0 Å². The first-order valence-corrected chi connectivity index (χ1v) is 13.3. The largest absolute Gasteiger partial charge is 0.454 e. The molecule has 0 aromatic heterocycles. The Labute approximate surface area is 229 Å². The Morgan fingerprint density at radius 1 is 0.947 bits per heavy atom. The number of Topliss-reactive ketones (excluding diaryl/α,β-unsaturated/α-hetero) is 2. The second kappa shape index (κ2) is 9.48. The molecule has 192 valence electrons. The van der Waals surface area contributed by atoms with Crippen LogP contribution in [-0.2, 0) is 9.53 Å². The van der Waals surface area contributed by atoms with Gasteiger partial charge in [-0.1, -0.05) is 66.2 Å². The van der Waals surface area contributed by atoms with Crippen molar-refractivity contribution in [1.29, 1.82) is 0 Å². The average molecular weight is 572 g/mol. The van der Waals surface area contributed by atoms with Crippen LogP contribution < -0.4 is 14.8 Å². The minimum atomic E-state index is -0.650. The highest BCUT2D eigenvalue weighted by Crippen LogP contribution is 2.51. The number of halogens is 1. The number of ether oxygens (including phenoxy) is 3. The number of rotatable bonds is 5. The first kappa shape index (κ1) is 24.5. The van der Waals surface area contributed by atoms with Gasteiger partial charge in [0.2, 0.25) is 12.7 Å². The van der Waals surface area contributed by atoms with Crippen molar-refractivity contribution >= 4 is 33.2 Å². The van der Waals surface area contributed by atoms with Crippen LogP contribution in [0.1, 0.15) is 48.5 Å². The number of fused-ring (bicyclic) bond motifs is 1. The van der Waals surface area contributed by atoms with Gasteiger partial charge in [0.1, 0.15) is 5.76 Å². The molecular weight excluding hydrogens is 546 g/mol. The minimum absolute atomic E-state index is 0.0184. The number of ketones is 2. The van der Waals surface area contributed by atoms with Crippen molar-refractivity contribution in [3.8, 4) is 11.5 Å². The summed E-state index contributed by atoms with van der Waals surface area (Å²) < 4.78 is 18.3. The first-order valence-electron chi connectivity index (χ1n) is 12.5. The molecule has 0 saturated heterocycles. The van der Waals surface area contributed by atoms with Gasteiger partial charge in [0.15, 0.2) is 23.1 Å². The summed E-state index contributed by atoms with van der Waals surface area (Å²) in [6, 6.07) is 22.4. The molecule has 1 aliphatic carbocycles. The minimum Gasteiger partial charge on any atom is -0.454 e. The van der Waals surface area contributed by atoms with Gasteiger partial charge < -0.3 is 19.5 Å². The van der Waals surface area contributed by atoms with Gasteiger partial charge in [0.05, 0.1) is 11.5 Å². The predicted octanol–water partition coefficient (Wildman–Crippen LogP) is 7.14. The molecule has 7 heteroatoms. The molecule has 6 nitrogen and oxygen atoms in total. The maximum absolute atomic E-state index is 14.3. The van der Waals surface area contributed by atoms with Gasteiger partial charge in [-0.05, 0) is 47.4 Å². The molecule has 3 aromatic rings. The van der Waals surface area contributed by atoms with Crippen molar-refractivity contribution in [2.24, 2.45) is 5.41 Å². The molecule has 6 rings (SSSR count). The van der Waals surface area contributed by atoms with Gasteiger partial charge >= 0.3 is 0 Å². The monoisotopic (exact) mass is 571 g/mol. The van der Waals surface area contributed by atoms with Crippen molar-refractivity contribution in [1.82, 2.24) is 0 Å². The number of benzene rings is 3. The molecule has 0 radical (unpaired) electrons. The van der Waals surface area contributed by atoms with Gasteiger partial charge in [0, 0.05) is 34.1 Å². The van der Waals surface area contributed by atoms with E-state index in [4.69, 9.17) is 14.2 Å². The molecular formula is C31H26BrNO5. The molecule has 0 fully saturated rings. The molecule has 2 heterocycles. The molecule has 3 aliphatic rings. The van der Waals surface area contributed by atoms with Crippen LogP contribution in [-0.4, -0.2) is 18.4 Å². The number of allylic oxidation sites excluding steroid dienone is 3. The lowest BCUT2D eigenvalue weighted by molar-refractivity contribution is -0.119. The second-order valence-corrected chi connectivity index (χ2v) is 11.3. The van der Waals surface area contributed by atoms with Gasteiger partial charge in [-0.3, -0.25) is 9.59 Å². The number of carbonyl (C=O) groups is 2. The zero-order valence-corrected chi connectivity index (χ0v) is 22.6. The third-order valence-electron chi connectivity index (χ3n) is 7.05. The number of hydrogen-bond acceptors (Lipinski definition) is 6. The fraction of sp³-hybridized carbons (Fsp3) is 0.226. The lowest BCUT2D eigenvalue weighted by Gasteiger charge is -2.39.